The fraction of sp³-hybridized carbons (Fsp3) is 0.450. The number of nitrogens with one attached hydrogen (secondary N) is 2. The molecule has 2 N–H and O–H groups in total. The van der Waals surface area contributed by atoms with E-state index in [0.717, 1.165) is 13.1 Å². The Hall–Kier alpha value is -3.32. The summed E-state index contributed by atoms with van der Waals surface area (Å²) in [6.45, 7) is 3.57. The smallest absolute Gasteiger partial charge is 0.353 e. The Balaban J connectivity index is 1.82. The summed E-state index contributed by atoms with van der Waals surface area (Å²) in [5.74, 6) is 0.786. The van der Waals surface area contributed by atoms with Crippen molar-refractivity contribution in [2.45, 2.75) is 0 Å². The third kappa shape index (κ3) is 5.03. The number of methoxy groups -OCH3 is 1. The summed E-state index contributed by atoms with van der Waals surface area (Å²) in [5, 5.41) is 18.4. The molecule has 2 aliphatic heterocycles. The molecule has 2 aromatic rings. The minimum absolute atomic E-state index is 0.0124. The molecule has 1 aromatic carbocycles. The summed E-state index contributed by atoms with van der Waals surface area (Å²) in [5.41, 5.74) is 0.274. The van der Waals surface area contributed by atoms with Crippen molar-refractivity contribution in [3.8, 4) is 0 Å². The monoisotopic (exact) mass is 475 g/mol. The second-order valence-corrected chi connectivity index (χ2v) is 9.23. The van der Waals surface area contributed by atoms with Crippen LogP contribution in [0.25, 0.3) is 0 Å². The van der Waals surface area contributed by atoms with E-state index in [1.165, 1.54) is 7.11 Å². The van der Waals surface area contributed by atoms with Crippen molar-refractivity contribution < 1.29 is 18.7 Å². The molecule has 12 nitrogen and oxygen atoms in total. The molecule has 2 fully saturated rings. The summed E-state index contributed by atoms with van der Waals surface area (Å²) in [6.07, 6.45) is 0. The molecular formula is C20H25N7O5S. The highest BCUT2D eigenvalue weighted by Gasteiger charge is 2.32. The van der Waals surface area contributed by atoms with E-state index in [1.807, 2.05) is 4.90 Å². The third-order valence-electron chi connectivity index (χ3n) is 5.50. The van der Waals surface area contributed by atoms with E-state index in [4.69, 9.17) is 4.74 Å². The molecule has 0 unspecified atom stereocenters. The first-order valence-electron chi connectivity index (χ1n) is 10.5. The lowest BCUT2D eigenvalue weighted by molar-refractivity contribution is -0.383. The second-order valence-electron chi connectivity index (χ2n) is 7.54. The van der Waals surface area contributed by atoms with Crippen LogP contribution in [-0.4, -0.2) is 83.0 Å². The van der Waals surface area contributed by atoms with Gasteiger partial charge in [-0.15, -0.1) is 0 Å². The Morgan fingerprint density at radius 3 is 2.52 bits per heavy atom. The molecule has 33 heavy (non-hydrogen) atoms. The number of piperazine rings is 1. The molecule has 0 radical (unpaired) electrons. The molecule has 0 amide bonds. The van der Waals surface area contributed by atoms with Crippen LogP contribution in [0, 0.1) is 10.1 Å². The number of nitro groups is 1. The number of para-hydroxylation sites is 1. The van der Waals surface area contributed by atoms with Gasteiger partial charge >= 0.3 is 11.7 Å². The standard InChI is InChI=1S/C20H25N7O5S/c1-32-19(28)14-4-2-3-5-15(14)22-17-16(27(29)30)18(25-10-12-33(31)13-11-25)24-20(23-17)26-8-6-21-7-9-26/h2-5,21H,6-13H2,1H3,(H,22,23,24). The number of benzene rings is 1. The topological polar surface area (TPSA) is 143 Å². The fourth-order valence-corrected chi connectivity index (χ4v) is 4.82. The minimum atomic E-state index is -0.949. The van der Waals surface area contributed by atoms with Crippen LogP contribution < -0.4 is 20.4 Å². The van der Waals surface area contributed by atoms with Crippen LogP contribution in [0.5, 0.6) is 0 Å². The van der Waals surface area contributed by atoms with Gasteiger partial charge in [-0.25, -0.2) is 4.79 Å². The van der Waals surface area contributed by atoms with Crippen LogP contribution >= 0.6 is 0 Å². The van der Waals surface area contributed by atoms with Crippen LogP contribution in [0.3, 0.4) is 0 Å². The lowest BCUT2D eigenvalue weighted by Gasteiger charge is -2.31. The minimum Gasteiger partial charge on any atom is -0.465 e. The van der Waals surface area contributed by atoms with Crippen LogP contribution in [0.1, 0.15) is 10.4 Å². The van der Waals surface area contributed by atoms with Crippen molar-refractivity contribution in [2.75, 3.05) is 73.0 Å². The zero-order valence-electron chi connectivity index (χ0n) is 18.2. The number of anilines is 4. The quantitative estimate of drug-likeness (QED) is 0.349. The van der Waals surface area contributed by atoms with Crippen molar-refractivity contribution in [1.82, 2.24) is 15.3 Å². The number of carbonyl (C=O) groups excluding carboxylic acids is 1. The highest BCUT2D eigenvalue weighted by molar-refractivity contribution is 7.85. The molecule has 2 aliphatic rings. The number of carbonyl (C=O) groups is 1. The normalized spacial score (nSPS) is 17.0. The Kier molecular flexibility index (Phi) is 6.99. The van der Waals surface area contributed by atoms with Gasteiger partial charge in [-0.3, -0.25) is 14.3 Å². The van der Waals surface area contributed by atoms with Crippen molar-refractivity contribution in [1.29, 1.82) is 0 Å². The number of rotatable bonds is 6. The first-order valence-corrected chi connectivity index (χ1v) is 12.0. The number of nitrogens with zero attached hydrogens (tertiary/aromatic N) is 5. The van der Waals surface area contributed by atoms with Gasteiger partial charge in [-0.2, -0.15) is 9.97 Å². The molecule has 0 aliphatic carbocycles. The summed E-state index contributed by atoms with van der Waals surface area (Å²) in [6, 6.07) is 6.59. The first-order chi connectivity index (χ1) is 16.0. The molecule has 176 valence electrons. The maximum atomic E-state index is 12.2. The van der Waals surface area contributed by atoms with E-state index >= 15 is 0 Å². The Morgan fingerprint density at radius 1 is 1.15 bits per heavy atom. The number of hydrogen-bond acceptors (Lipinski definition) is 11. The first kappa shape index (κ1) is 22.9. The van der Waals surface area contributed by atoms with E-state index in [0.29, 0.717) is 49.3 Å². The molecule has 1 aromatic heterocycles. The van der Waals surface area contributed by atoms with Crippen molar-refractivity contribution >= 4 is 45.7 Å². The number of hydrogen-bond donors (Lipinski definition) is 2. The van der Waals surface area contributed by atoms with Gasteiger partial charge in [0.1, 0.15) is 0 Å². The highest BCUT2D eigenvalue weighted by atomic mass is 32.2. The van der Waals surface area contributed by atoms with Crippen LogP contribution in [0.4, 0.5) is 29.0 Å². The van der Waals surface area contributed by atoms with Gasteiger partial charge in [0.2, 0.25) is 17.6 Å². The highest BCUT2D eigenvalue weighted by Crippen LogP contribution is 2.37. The zero-order valence-corrected chi connectivity index (χ0v) is 19.0. The molecule has 0 atom stereocenters. The third-order valence-corrected chi connectivity index (χ3v) is 6.77. The van der Waals surface area contributed by atoms with Gasteiger partial charge in [0.05, 0.1) is 23.3 Å². The van der Waals surface area contributed by atoms with Crippen LogP contribution in [0.15, 0.2) is 24.3 Å². The molecule has 0 spiro atoms. The van der Waals surface area contributed by atoms with E-state index < -0.39 is 21.7 Å². The number of aromatic nitrogens is 2. The van der Waals surface area contributed by atoms with Crippen molar-refractivity contribution in [3.05, 3.63) is 39.9 Å². The Morgan fingerprint density at radius 2 is 1.85 bits per heavy atom. The summed E-state index contributed by atoms with van der Waals surface area (Å²) in [7, 11) is 0.322. The van der Waals surface area contributed by atoms with Gasteiger partial charge in [0.25, 0.3) is 0 Å². The fourth-order valence-electron chi connectivity index (χ4n) is 3.77. The molecule has 13 heteroatoms. The molecular weight excluding hydrogens is 450 g/mol. The lowest BCUT2D eigenvalue weighted by Crippen LogP contribution is -2.45. The molecule has 0 bridgehead atoms. The largest absolute Gasteiger partial charge is 0.465 e. The Bertz CT molecular complexity index is 1070. The Labute approximate surface area is 192 Å². The van der Waals surface area contributed by atoms with Crippen LogP contribution in [0.2, 0.25) is 0 Å². The molecule has 2 saturated heterocycles. The van der Waals surface area contributed by atoms with Crippen LogP contribution in [-0.2, 0) is 15.5 Å². The summed E-state index contributed by atoms with van der Waals surface area (Å²) in [4.78, 5) is 36.7. The van der Waals surface area contributed by atoms with E-state index in [1.54, 1.807) is 29.2 Å². The SMILES string of the molecule is COC(=O)c1ccccc1Nc1nc(N2CCNCC2)nc(N2CCS(=O)CC2)c1[N+](=O)[O-]. The average Bonchev–Trinajstić information content (AvgIpc) is 2.84. The van der Waals surface area contributed by atoms with E-state index in [9.17, 15) is 19.1 Å². The number of esters is 1. The van der Waals surface area contributed by atoms with Gasteiger partial charge in [-0.05, 0) is 12.1 Å². The van der Waals surface area contributed by atoms with Gasteiger partial charge < -0.3 is 25.2 Å². The average molecular weight is 476 g/mol. The maximum Gasteiger partial charge on any atom is 0.353 e. The van der Waals surface area contributed by atoms with Gasteiger partial charge in [0, 0.05) is 61.6 Å². The van der Waals surface area contributed by atoms with Crippen molar-refractivity contribution in [2.24, 2.45) is 0 Å². The van der Waals surface area contributed by atoms with Crippen molar-refractivity contribution in [3.63, 3.8) is 0 Å². The second kappa shape index (κ2) is 10.1. The molecule has 3 heterocycles. The predicted octanol–water partition coefficient (Wildman–Crippen LogP) is 0.893. The molecule has 0 saturated carbocycles. The lowest BCUT2D eigenvalue weighted by atomic mass is 10.2. The van der Waals surface area contributed by atoms with E-state index in [2.05, 4.69) is 20.6 Å². The van der Waals surface area contributed by atoms with Gasteiger partial charge in [-0.1, -0.05) is 12.1 Å². The maximum absolute atomic E-state index is 12.2. The zero-order chi connectivity index (χ0) is 23.4. The van der Waals surface area contributed by atoms with E-state index in [-0.39, 0.29) is 22.9 Å². The summed E-state index contributed by atoms with van der Waals surface area (Å²) < 4.78 is 16.7. The summed E-state index contributed by atoms with van der Waals surface area (Å²) >= 11 is 0. The predicted molar refractivity (Wildman–Crippen MR) is 125 cm³/mol. The van der Waals surface area contributed by atoms with Gasteiger partial charge in [0.15, 0.2) is 0 Å². The molecule has 4 rings (SSSR count). The number of ether oxygens (including phenoxy) is 1.